The molecular formula is C13H30OS2Si2. The summed E-state index contributed by atoms with van der Waals surface area (Å²) in [6.07, 6.45) is 5.72. The highest BCUT2D eigenvalue weighted by Gasteiger charge is 2.31. The van der Waals surface area contributed by atoms with Crippen molar-refractivity contribution in [1.29, 1.82) is 0 Å². The van der Waals surface area contributed by atoms with E-state index in [1.54, 1.807) is 0 Å². The summed E-state index contributed by atoms with van der Waals surface area (Å²) in [5.74, 6) is 0. The van der Waals surface area contributed by atoms with Crippen LogP contribution in [0.1, 0.15) is 6.42 Å². The molecule has 0 radical (unpaired) electrons. The molecule has 0 saturated heterocycles. The molecule has 0 heterocycles. The minimum absolute atomic E-state index is 0.258. The second kappa shape index (κ2) is 7.57. The molecule has 0 bridgehead atoms. The van der Waals surface area contributed by atoms with Gasteiger partial charge in [0.05, 0.1) is 18.8 Å². The van der Waals surface area contributed by atoms with E-state index in [1.807, 2.05) is 23.5 Å². The smallest absolute Gasteiger partial charge is 0.184 e. The molecule has 0 N–H and O–H groups in total. The molecule has 1 nitrogen and oxygen atoms in total. The number of hydrogen-bond acceptors (Lipinski definition) is 3. The summed E-state index contributed by atoms with van der Waals surface area (Å²) < 4.78 is 7.02. The summed E-state index contributed by atoms with van der Waals surface area (Å²) in [6, 6.07) is 0. The van der Waals surface area contributed by atoms with E-state index in [0.717, 1.165) is 6.42 Å². The van der Waals surface area contributed by atoms with Gasteiger partial charge in [0, 0.05) is 0 Å². The van der Waals surface area contributed by atoms with Gasteiger partial charge < -0.3 is 4.43 Å². The molecule has 18 heavy (non-hydrogen) atoms. The van der Waals surface area contributed by atoms with E-state index in [1.165, 1.54) is 5.20 Å². The fraction of sp³-hybridized carbons (Fsp3) is 0.846. The molecular weight excluding hydrogens is 292 g/mol. The number of hydrogen-bond donors (Lipinski definition) is 0. The molecule has 0 aromatic heterocycles. The van der Waals surface area contributed by atoms with Crippen LogP contribution >= 0.6 is 23.5 Å². The first-order chi connectivity index (χ1) is 8.01. The van der Waals surface area contributed by atoms with Gasteiger partial charge in [0.15, 0.2) is 8.32 Å². The normalized spacial score (nSPS) is 14.9. The lowest BCUT2D eigenvalue weighted by Gasteiger charge is -2.34. The zero-order chi connectivity index (χ0) is 14.6. The molecule has 0 spiro atoms. The lowest BCUT2D eigenvalue weighted by molar-refractivity contribution is 0.231. The second-order valence-electron chi connectivity index (χ2n) is 6.63. The molecule has 0 aliphatic heterocycles. The zero-order valence-corrected chi connectivity index (χ0v) is 16.9. The van der Waals surface area contributed by atoms with Crippen LogP contribution in [0.2, 0.25) is 39.3 Å². The van der Waals surface area contributed by atoms with Crippen LogP contribution in [0.25, 0.3) is 0 Å². The van der Waals surface area contributed by atoms with Crippen LogP contribution in [0.5, 0.6) is 0 Å². The van der Waals surface area contributed by atoms with E-state index in [9.17, 15) is 0 Å². The summed E-state index contributed by atoms with van der Waals surface area (Å²) in [6.45, 7) is 18.3. The minimum Gasteiger partial charge on any atom is -0.411 e. The second-order valence-corrected chi connectivity index (χ2v) is 18.6. The third-order valence-electron chi connectivity index (χ3n) is 2.78. The maximum absolute atomic E-state index is 6.41. The summed E-state index contributed by atoms with van der Waals surface area (Å²) >= 11 is 3.85. The molecule has 1 atom stereocenters. The summed E-state index contributed by atoms with van der Waals surface area (Å²) in [5.41, 5.74) is 0. The molecule has 0 aromatic rings. The number of thioether (sulfide) groups is 2. The Hall–Kier alpha value is 0.834. The van der Waals surface area contributed by atoms with Crippen molar-refractivity contribution in [1.82, 2.24) is 0 Å². The first kappa shape index (κ1) is 18.8. The van der Waals surface area contributed by atoms with Crippen LogP contribution in [-0.4, -0.2) is 39.6 Å². The van der Waals surface area contributed by atoms with Crippen molar-refractivity contribution in [2.24, 2.45) is 0 Å². The predicted octanol–water partition coefficient (Wildman–Crippen LogP) is 5.08. The first-order valence-corrected chi connectivity index (χ1v) is 15.9. The van der Waals surface area contributed by atoms with Crippen molar-refractivity contribution >= 4 is 39.9 Å². The highest BCUT2D eigenvalue weighted by Crippen LogP contribution is 2.31. The Bertz CT molecular complexity index is 265. The lowest BCUT2D eigenvalue weighted by atomic mass is 10.3. The quantitative estimate of drug-likeness (QED) is 0.455. The van der Waals surface area contributed by atoms with Gasteiger partial charge in [-0.15, -0.1) is 6.58 Å². The molecule has 108 valence electrons. The van der Waals surface area contributed by atoms with Gasteiger partial charge in [0.25, 0.3) is 0 Å². The summed E-state index contributed by atoms with van der Waals surface area (Å²) in [7, 11) is -2.84. The molecule has 0 aliphatic carbocycles. The number of rotatable bonds is 8. The lowest BCUT2D eigenvalue weighted by Crippen LogP contribution is -2.40. The molecule has 0 aromatic carbocycles. The fourth-order valence-corrected chi connectivity index (χ4v) is 5.49. The highest BCUT2D eigenvalue weighted by molar-refractivity contribution is 8.16. The zero-order valence-electron chi connectivity index (χ0n) is 13.3. The topological polar surface area (TPSA) is 9.23 Å². The van der Waals surface area contributed by atoms with Crippen LogP contribution < -0.4 is 0 Å². The van der Waals surface area contributed by atoms with E-state index >= 15 is 0 Å². The van der Waals surface area contributed by atoms with Gasteiger partial charge >= 0.3 is 0 Å². The molecule has 5 heteroatoms. The molecule has 1 unspecified atom stereocenters. The van der Waals surface area contributed by atoms with E-state index in [4.69, 9.17) is 4.43 Å². The van der Waals surface area contributed by atoms with E-state index < -0.39 is 16.4 Å². The monoisotopic (exact) mass is 322 g/mol. The summed E-state index contributed by atoms with van der Waals surface area (Å²) in [4.78, 5) is 0. The maximum Gasteiger partial charge on any atom is 0.184 e. The van der Waals surface area contributed by atoms with Crippen LogP contribution in [0.15, 0.2) is 11.8 Å². The average Bonchev–Trinajstić information content (AvgIpc) is 2.20. The Labute approximate surface area is 125 Å². The van der Waals surface area contributed by atoms with Gasteiger partial charge in [-0.25, -0.2) is 0 Å². The van der Waals surface area contributed by atoms with Crippen molar-refractivity contribution in [3.63, 3.8) is 0 Å². The largest absolute Gasteiger partial charge is 0.411 e. The first-order valence-electron chi connectivity index (χ1n) is 6.44. The Morgan fingerprint density at radius 3 is 1.78 bits per heavy atom. The fourth-order valence-electron chi connectivity index (χ4n) is 1.63. The van der Waals surface area contributed by atoms with E-state index in [-0.39, 0.29) is 6.10 Å². The van der Waals surface area contributed by atoms with Crippen molar-refractivity contribution in [2.45, 2.75) is 56.4 Å². The van der Waals surface area contributed by atoms with E-state index in [0.29, 0.717) is 4.58 Å². The Morgan fingerprint density at radius 1 is 1.06 bits per heavy atom. The third kappa shape index (κ3) is 7.43. The summed E-state index contributed by atoms with van der Waals surface area (Å²) in [5, 5.41) is 1.37. The van der Waals surface area contributed by atoms with Crippen molar-refractivity contribution in [2.75, 3.05) is 12.5 Å². The predicted molar refractivity (Wildman–Crippen MR) is 96.1 cm³/mol. The average molecular weight is 323 g/mol. The molecule has 0 aliphatic rings. The van der Waals surface area contributed by atoms with Crippen LogP contribution in [-0.2, 0) is 4.43 Å². The van der Waals surface area contributed by atoms with Crippen LogP contribution in [0, 0.1) is 0 Å². The minimum atomic E-state index is -1.51. The molecule has 0 saturated carbocycles. The van der Waals surface area contributed by atoms with Crippen LogP contribution in [0.4, 0.5) is 0 Å². The van der Waals surface area contributed by atoms with Gasteiger partial charge in [-0.2, -0.15) is 23.5 Å². The molecule has 0 rings (SSSR count). The molecule has 0 amide bonds. The van der Waals surface area contributed by atoms with Gasteiger partial charge in [-0.1, -0.05) is 24.8 Å². The van der Waals surface area contributed by atoms with Crippen LogP contribution in [0.3, 0.4) is 0 Å². The van der Waals surface area contributed by atoms with Crippen molar-refractivity contribution in [3.05, 3.63) is 11.8 Å². The molecule has 0 fully saturated rings. The Balaban J connectivity index is 4.89. The van der Waals surface area contributed by atoms with Gasteiger partial charge in [0.2, 0.25) is 0 Å². The Morgan fingerprint density at radius 2 is 1.50 bits per heavy atom. The van der Waals surface area contributed by atoms with E-state index in [2.05, 4.69) is 58.4 Å². The van der Waals surface area contributed by atoms with Gasteiger partial charge in [-0.05, 0) is 38.6 Å². The van der Waals surface area contributed by atoms with Gasteiger partial charge in [-0.3, -0.25) is 0 Å². The van der Waals surface area contributed by atoms with Gasteiger partial charge in [0.1, 0.15) is 0 Å². The van der Waals surface area contributed by atoms with Crippen molar-refractivity contribution < 1.29 is 4.43 Å². The Kier molecular flexibility index (Phi) is 7.92. The SMILES string of the molecule is C=C(C(CC(SC)SC)O[Si](C)(C)C)[Si](C)(C)C. The third-order valence-corrected chi connectivity index (χ3v) is 8.61. The maximum atomic E-state index is 6.41. The standard InChI is InChI=1S/C13H30OS2Si2/c1-11(17(4,5)6)12(14-18(7,8)9)10-13(15-2)16-3/h12-13H,1,10H2,2-9H3. The highest BCUT2D eigenvalue weighted by atomic mass is 32.2. The van der Waals surface area contributed by atoms with Crippen molar-refractivity contribution in [3.8, 4) is 0 Å².